The summed E-state index contributed by atoms with van der Waals surface area (Å²) in [6.07, 6.45) is 2.00. The van der Waals surface area contributed by atoms with Crippen LogP contribution in [-0.2, 0) is 0 Å². The van der Waals surface area contributed by atoms with Gasteiger partial charge in [0, 0.05) is 6.04 Å². The van der Waals surface area contributed by atoms with E-state index in [0.29, 0.717) is 5.92 Å². The molecule has 15 heavy (non-hydrogen) atoms. The van der Waals surface area contributed by atoms with Crippen molar-refractivity contribution in [2.75, 3.05) is 0 Å². The number of hydrogen-bond acceptors (Lipinski definition) is 1. The van der Waals surface area contributed by atoms with E-state index in [4.69, 9.17) is 5.73 Å². The predicted octanol–water partition coefficient (Wildman–Crippen LogP) is 3.68. The molecular weight excluding hydrogens is 213 g/mol. The standard InChI is InChI=1S/C12H18FN.ClH/c1-9(2)6-7-12(14)10-4-3-5-11(13)8-10;/h3-5,8-9,12H,6-7,14H2,1-2H3;1H. The Bertz CT molecular complexity index is 289. The van der Waals surface area contributed by atoms with E-state index in [-0.39, 0.29) is 24.3 Å². The van der Waals surface area contributed by atoms with Gasteiger partial charge in [0.15, 0.2) is 0 Å². The normalized spacial score (nSPS) is 12.3. The van der Waals surface area contributed by atoms with Crippen molar-refractivity contribution < 1.29 is 4.39 Å². The van der Waals surface area contributed by atoms with Crippen molar-refractivity contribution >= 4 is 12.4 Å². The zero-order valence-electron chi connectivity index (χ0n) is 9.24. The van der Waals surface area contributed by atoms with Crippen molar-refractivity contribution in [3.63, 3.8) is 0 Å². The molecule has 0 heterocycles. The molecule has 86 valence electrons. The Kier molecular flexibility index (Phi) is 6.53. The molecule has 0 aliphatic rings. The van der Waals surface area contributed by atoms with Crippen LogP contribution in [0.1, 0.15) is 38.3 Å². The zero-order chi connectivity index (χ0) is 10.6. The van der Waals surface area contributed by atoms with Crippen LogP contribution in [0.3, 0.4) is 0 Å². The van der Waals surface area contributed by atoms with E-state index >= 15 is 0 Å². The Balaban J connectivity index is 0.00000196. The highest BCUT2D eigenvalue weighted by molar-refractivity contribution is 5.85. The maximum atomic E-state index is 12.9. The second kappa shape index (κ2) is 6.81. The lowest BCUT2D eigenvalue weighted by Crippen LogP contribution is -2.11. The van der Waals surface area contributed by atoms with Gasteiger partial charge in [0.05, 0.1) is 0 Å². The lowest BCUT2D eigenvalue weighted by molar-refractivity contribution is 0.505. The van der Waals surface area contributed by atoms with Gasteiger partial charge in [0.1, 0.15) is 5.82 Å². The predicted molar refractivity (Wildman–Crippen MR) is 64.6 cm³/mol. The summed E-state index contributed by atoms with van der Waals surface area (Å²) in [5, 5.41) is 0. The summed E-state index contributed by atoms with van der Waals surface area (Å²) in [5.41, 5.74) is 6.84. The first-order valence-electron chi connectivity index (χ1n) is 5.10. The molecule has 0 aliphatic heterocycles. The van der Waals surface area contributed by atoms with Gasteiger partial charge in [-0.1, -0.05) is 26.0 Å². The number of rotatable bonds is 4. The topological polar surface area (TPSA) is 26.0 Å². The van der Waals surface area contributed by atoms with Crippen molar-refractivity contribution in [2.45, 2.75) is 32.7 Å². The fraction of sp³-hybridized carbons (Fsp3) is 0.500. The van der Waals surface area contributed by atoms with E-state index in [0.717, 1.165) is 18.4 Å². The summed E-state index contributed by atoms with van der Waals surface area (Å²) in [5.74, 6) is 0.442. The third-order valence-corrected chi connectivity index (χ3v) is 2.33. The fourth-order valence-corrected chi connectivity index (χ4v) is 1.42. The van der Waals surface area contributed by atoms with Crippen LogP contribution in [0.2, 0.25) is 0 Å². The maximum Gasteiger partial charge on any atom is 0.123 e. The molecule has 0 aromatic heterocycles. The second-order valence-corrected chi connectivity index (χ2v) is 4.13. The van der Waals surface area contributed by atoms with Gasteiger partial charge in [-0.2, -0.15) is 0 Å². The monoisotopic (exact) mass is 231 g/mol. The average molecular weight is 232 g/mol. The van der Waals surface area contributed by atoms with E-state index in [9.17, 15) is 4.39 Å². The number of halogens is 2. The molecule has 0 amide bonds. The first kappa shape index (κ1) is 14.4. The summed E-state index contributed by atoms with van der Waals surface area (Å²) < 4.78 is 12.9. The molecule has 0 fully saturated rings. The van der Waals surface area contributed by atoms with Gasteiger partial charge in [-0.25, -0.2) is 4.39 Å². The average Bonchev–Trinajstić information content (AvgIpc) is 2.14. The molecule has 0 aliphatic carbocycles. The first-order chi connectivity index (χ1) is 6.59. The summed E-state index contributed by atoms with van der Waals surface area (Å²) in [6.45, 7) is 4.33. The highest BCUT2D eigenvalue weighted by Crippen LogP contribution is 2.18. The van der Waals surface area contributed by atoms with Gasteiger partial charge >= 0.3 is 0 Å². The molecule has 1 nitrogen and oxygen atoms in total. The van der Waals surface area contributed by atoms with Crippen LogP contribution in [0, 0.1) is 11.7 Å². The largest absolute Gasteiger partial charge is 0.324 e. The SMILES string of the molecule is CC(C)CCC(N)c1cccc(F)c1.Cl. The van der Waals surface area contributed by atoms with Crippen LogP contribution in [0.15, 0.2) is 24.3 Å². The quantitative estimate of drug-likeness (QED) is 0.841. The smallest absolute Gasteiger partial charge is 0.123 e. The van der Waals surface area contributed by atoms with Crippen LogP contribution in [-0.4, -0.2) is 0 Å². The van der Waals surface area contributed by atoms with Gasteiger partial charge < -0.3 is 5.73 Å². The van der Waals surface area contributed by atoms with Gasteiger partial charge in [-0.3, -0.25) is 0 Å². The lowest BCUT2D eigenvalue weighted by Gasteiger charge is -2.13. The second-order valence-electron chi connectivity index (χ2n) is 4.13. The lowest BCUT2D eigenvalue weighted by atomic mass is 9.98. The summed E-state index contributed by atoms with van der Waals surface area (Å²) >= 11 is 0. The van der Waals surface area contributed by atoms with Crippen LogP contribution in [0.5, 0.6) is 0 Å². The number of benzene rings is 1. The fourth-order valence-electron chi connectivity index (χ4n) is 1.42. The van der Waals surface area contributed by atoms with E-state index < -0.39 is 0 Å². The van der Waals surface area contributed by atoms with Crippen molar-refractivity contribution in [1.29, 1.82) is 0 Å². The van der Waals surface area contributed by atoms with E-state index in [1.807, 2.05) is 6.07 Å². The molecule has 1 aromatic carbocycles. The molecule has 1 unspecified atom stereocenters. The Hall–Kier alpha value is -0.600. The summed E-state index contributed by atoms with van der Waals surface area (Å²) in [7, 11) is 0. The first-order valence-corrected chi connectivity index (χ1v) is 5.10. The molecule has 0 saturated heterocycles. The molecule has 0 radical (unpaired) electrons. The van der Waals surface area contributed by atoms with Crippen LogP contribution >= 0.6 is 12.4 Å². The minimum Gasteiger partial charge on any atom is -0.324 e. The third-order valence-electron chi connectivity index (χ3n) is 2.33. The highest BCUT2D eigenvalue weighted by Gasteiger charge is 2.07. The third kappa shape index (κ3) is 5.14. The molecule has 2 N–H and O–H groups in total. The number of hydrogen-bond donors (Lipinski definition) is 1. The zero-order valence-corrected chi connectivity index (χ0v) is 10.1. The molecular formula is C12H19ClFN. The van der Waals surface area contributed by atoms with Gasteiger partial charge in [-0.15, -0.1) is 12.4 Å². The van der Waals surface area contributed by atoms with E-state index in [2.05, 4.69) is 13.8 Å². The van der Waals surface area contributed by atoms with Crippen LogP contribution < -0.4 is 5.73 Å². The van der Waals surface area contributed by atoms with Crippen molar-refractivity contribution in [3.05, 3.63) is 35.6 Å². The van der Waals surface area contributed by atoms with Gasteiger partial charge in [-0.05, 0) is 36.5 Å². The molecule has 3 heteroatoms. The molecule has 1 atom stereocenters. The molecule has 0 bridgehead atoms. The minimum atomic E-state index is -0.206. The van der Waals surface area contributed by atoms with E-state index in [1.54, 1.807) is 6.07 Å². The Labute approximate surface area is 97.3 Å². The van der Waals surface area contributed by atoms with Gasteiger partial charge in [0.25, 0.3) is 0 Å². The van der Waals surface area contributed by atoms with Crippen LogP contribution in [0.25, 0.3) is 0 Å². The molecule has 0 spiro atoms. The Morgan fingerprint density at radius 1 is 1.27 bits per heavy atom. The highest BCUT2D eigenvalue weighted by atomic mass is 35.5. The minimum absolute atomic E-state index is 0. The molecule has 1 rings (SSSR count). The summed E-state index contributed by atoms with van der Waals surface area (Å²) in [4.78, 5) is 0. The Morgan fingerprint density at radius 2 is 1.93 bits per heavy atom. The summed E-state index contributed by atoms with van der Waals surface area (Å²) in [6, 6.07) is 6.52. The van der Waals surface area contributed by atoms with Crippen molar-refractivity contribution in [2.24, 2.45) is 11.7 Å². The maximum absolute atomic E-state index is 12.9. The van der Waals surface area contributed by atoms with Crippen molar-refractivity contribution in [1.82, 2.24) is 0 Å². The van der Waals surface area contributed by atoms with Crippen LogP contribution in [0.4, 0.5) is 4.39 Å². The van der Waals surface area contributed by atoms with E-state index in [1.165, 1.54) is 12.1 Å². The number of nitrogens with two attached hydrogens (primary N) is 1. The Morgan fingerprint density at radius 3 is 2.47 bits per heavy atom. The van der Waals surface area contributed by atoms with Crippen molar-refractivity contribution in [3.8, 4) is 0 Å². The molecule has 1 aromatic rings. The van der Waals surface area contributed by atoms with Gasteiger partial charge in [0.2, 0.25) is 0 Å². The molecule has 0 saturated carbocycles.